The fourth-order valence-electron chi connectivity index (χ4n) is 2.24. The predicted molar refractivity (Wildman–Crippen MR) is 97.6 cm³/mol. The fraction of sp³-hybridized carbons (Fsp3) is 0.0588. The van der Waals surface area contributed by atoms with E-state index in [0.29, 0.717) is 11.1 Å². The van der Waals surface area contributed by atoms with Crippen LogP contribution in [0.3, 0.4) is 0 Å². The highest BCUT2D eigenvalue weighted by Gasteiger charge is 2.25. The van der Waals surface area contributed by atoms with E-state index in [2.05, 4.69) is 27.6 Å². The molecule has 0 fully saturated rings. The molecule has 0 N–H and O–H groups in total. The number of esters is 1. The Labute approximate surface area is 151 Å². The Morgan fingerprint density at radius 3 is 2.54 bits per heavy atom. The van der Waals surface area contributed by atoms with Crippen LogP contribution in [0.25, 0.3) is 6.08 Å². The lowest BCUT2D eigenvalue weighted by Crippen LogP contribution is -2.06. The summed E-state index contributed by atoms with van der Waals surface area (Å²) in [5.41, 5.74) is 2.05. The Bertz CT molecular complexity index is 901. The Morgan fingerprint density at radius 2 is 1.92 bits per heavy atom. The second-order valence-corrected chi connectivity index (χ2v) is 6.39. The standard InChI is InChI=1S/C17H11IN2O4/c1-10-8-12(4-7-15(10)20(22)23)16-19-14(17(21)24-16)9-11-2-5-13(18)6-3-11/h2-9H,1H3/b14-9-. The number of aryl methyl sites for hydroxylation is 1. The highest BCUT2D eigenvalue weighted by atomic mass is 127. The number of hydrogen-bond acceptors (Lipinski definition) is 5. The molecule has 24 heavy (non-hydrogen) atoms. The number of aliphatic imine (C=N–C) groups is 1. The largest absolute Gasteiger partial charge is 0.402 e. The van der Waals surface area contributed by atoms with E-state index in [4.69, 9.17) is 4.74 Å². The first-order valence-corrected chi connectivity index (χ1v) is 8.05. The molecule has 0 radical (unpaired) electrons. The van der Waals surface area contributed by atoms with Gasteiger partial charge in [-0.05, 0) is 65.4 Å². The SMILES string of the molecule is Cc1cc(C2=N/C(=C\c3ccc(I)cc3)C(=O)O2)ccc1[N+](=O)[O-]. The van der Waals surface area contributed by atoms with Crippen molar-refractivity contribution in [3.63, 3.8) is 0 Å². The molecule has 0 spiro atoms. The van der Waals surface area contributed by atoms with Crippen LogP contribution in [0.4, 0.5) is 5.69 Å². The van der Waals surface area contributed by atoms with E-state index in [-0.39, 0.29) is 17.3 Å². The van der Waals surface area contributed by atoms with E-state index in [1.165, 1.54) is 12.1 Å². The van der Waals surface area contributed by atoms with Gasteiger partial charge in [0, 0.05) is 20.8 Å². The third-order valence-electron chi connectivity index (χ3n) is 3.43. The number of benzene rings is 2. The number of halogens is 1. The fourth-order valence-corrected chi connectivity index (χ4v) is 2.60. The van der Waals surface area contributed by atoms with Crippen LogP contribution in [0, 0.1) is 20.6 Å². The Hall–Kier alpha value is -2.55. The molecule has 0 bridgehead atoms. The van der Waals surface area contributed by atoms with Gasteiger partial charge in [-0.3, -0.25) is 10.1 Å². The van der Waals surface area contributed by atoms with Gasteiger partial charge in [0.15, 0.2) is 5.70 Å². The predicted octanol–water partition coefficient (Wildman–Crippen LogP) is 3.85. The summed E-state index contributed by atoms with van der Waals surface area (Å²) in [6, 6.07) is 12.1. The van der Waals surface area contributed by atoms with Gasteiger partial charge in [0.2, 0.25) is 5.90 Å². The first-order valence-electron chi connectivity index (χ1n) is 6.97. The normalized spacial score (nSPS) is 15.3. The molecule has 120 valence electrons. The Balaban J connectivity index is 1.93. The van der Waals surface area contributed by atoms with Gasteiger partial charge in [-0.25, -0.2) is 9.79 Å². The average Bonchev–Trinajstić information content (AvgIpc) is 2.90. The van der Waals surface area contributed by atoms with Crippen molar-refractivity contribution in [1.82, 2.24) is 0 Å². The summed E-state index contributed by atoms with van der Waals surface area (Å²) in [7, 11) is 0. The lowest BCUT2D eigenvalue weighted by Gasteiger charge is -2.01. The molecule has 2 aromatic rings. The summed E-state index contributed by atoms with van der Waals surface area (Å²) < 4.78 is 6.27. The summed E-state index contributed by atoms with van der Waals surface area (Å²) in [6.07, 6.45) is 1.64. The van der Waals surface area contributed by atoms with Crippen LogP contribution in [-0.2, 0) is 9.53 Å². The molecule has 1 heterocycles. The van der Waals surface area contributed by atoms with Crippen LogP contribution in [0.15, 0.2) is 53.2 Å². The summed E-state index contributed by atoms with van der Waals surface area (Å²) in [4.78, 5) is 26.6. The molecule has 2 aromatic carbocycles. The van der Waals surface area contributed by atoms with Gasteiger partial charge in [0.05, 0.1) is 4.92 Å². The highest BCUT2D eigenvalue weighted by molar-refractivity contribution is 14.1. The molecule has 6 nitrogen and oxygen atoms in total. The topological polar surface area (TPSA) is 81.8 Å². The van der Waals surface area contributed by atoms with Crippen molar-refractivity contribution in [3.8, 4) is 0 Å². The molecule has 7 heteroatoms. The zero-order valence-corrected chi connectivity index (χ0v) is 14.7. The van der Waals surface area contributed by atoms with Crippen molar-refractivity contribution >= 4 is 46.2 Å². The maximum atomic E-state index is 12.0. The third kappa shape index (κ3) is 3.35. The van der Waals surface area contributed by atoms with Crippen LogP contribution in [0.2, 0.25) is 0 Å². The molecular formula is C17H11IN2O4. The maximum absolute atomic E-state index is 12.0. The molecule has 0 amide bonds. The van der Waals surface area contributed by atoms with Crippen molar-refractivity contribution in [2.45, 2.75) is 6.92 Å². The van der Waals surface area contributed by atoms with Gasteiger partial charge in [0.1, 0.15) is 0 Å². The first-order chi connectivity index (χ1) is 11.4. The van der Waals surface area contributed by atoms with Crippen LogP contribution in [0.1, 0.15) is 16.7 Å². The van der Waals surface area contributed by atoms with Gasteiger partial charge in [-0.1, -0.05) is 12.1 Å². The molecule has 1 aliphatic heterocycles. The molecule has 0 aliphatic carbocycles. The van der Waals surface area contributed by atoms with Gasteiger partial charge in [-0.15, -0.1) is 0 Å². The van der Waals surface area contributed by atoms with Crippen LogP contribution >= 0.6 is 22.6 Å². The van der Waals surface area contributed by atoms with Crippen molar-refractivity contribution in [1.29, 1.82) is 0 Å². The van der Waals surface area contributed by atoms with Crippen LogP contribution < -0.4 is 0 Å². The van der Waals surface area contributed by atoms with Crippen LogP contribution in [0.5, 0.6) is 0 Å². The number of nitro benzene ring substituents is 1. The summed E-state index contributed by atoms with van der Waals surface area (Å²) in [6.45, 7) is 1.63. The molecule has 0 aromatic heterocycles. The van der Waals surface area contributed by atoms with Gasteiger partial charge in [-0.2, -0.15) is 0 Å². The number of ether oxygens (including phenoxy) is 1. The van der Waals surface area contributed by atoms with Crippen molar-refractivity contribution in [3.05, 3.63) is 78.5 Å². The second kappa shape index (κ2) is 6.52. The van der Waals surface area contributed by atoms with E-state index in [9.17, 15) is 14.9 Å². The molecule has 1 aliphatic rings. The van der Waals surface area contributed by atoms with Crippen molar-refractivity contribution in [2.75, 3.05) is 0 Å². The Kier molecular flexibility index (Phi) is 4.43. The zero-order chi connectivity index (χ0) is 17.3. The maximum Gasteiger partial charge on any atom is 0.363 e. The van der Waals surface area contributed by atoms with Gasteiger partial charge < -0.3 is 4.74 Å². The smallest absolute Gasteiger partial charge is 0.363 e. The quantitative estimate of drug-likeness (QED) is 0.242. The van der Waals surface area contributed by atoms with E-state index in [1.54, 1.807) is 19.1 Å². The number of nitro groups is 1. The van der Waals surface area contributed by atoms with E-state index in [0.717, 1.165) is 9.13 Å². The van der Waals surface area contributed by atoms with Gasteiger partial charge in [0.25, 0.3) is 5.69 Å². The third-order valence-corrected chi connectivity index (χ3v) is 4.15. The number of rotatable bonds is 3. The van der Waals surface area contributed by atoms with E-state index >= 15 is 0 Å². The lowest BCUT2D eigenvalue weighted by molar-refractivity contribution is -0.385. The Morgan fingerprint density at radius 1 is 1.21 bits per heavy atom. The monoisotopic (exact) mass is 434 g/mol. The number of carbonyl (C=O) groups is 1. The number of nitrogens with zero attached hydrogens (tertiary/aromatic N) is 2. The van der Waals surface area contributed by atoms with Crippen LogP contribution in [-0.4, -0.2) is 16.8 Å². The number of cyclic esters (lactones) is 1. The molecule has 0 atom stereocenters. The minimum atomic E-state index is -0.542. The van der Waals surface area contributed by atoms with Gasteiger partial charge >= 0.3 is 5.97 Å². The number of carbonyl (C=O) groups excluding carboxylic acids is 1. The second-order valence-electron chi connectivity index (χ2n) is 5.15. The van der Waals surface area contributed by atoms with E-state index < -0.39 is 10.9 Å². The van der Waals surface area contributed by atoms with E-state index in [1.807, 2.05) is 24.3 Å². The summed E-state index contributed by atoms with van der Waals surface area (Å²) >= 11 is 2.20. The lowest BCUT2D eigenvalue weighted by atomic mass is 10.1. The molecular weight excluding hydrogens is 423 g/mol. The molecule has 0 unspecified atom stereocenters. The first kappa shape index (κ1) is 16.3. The average molecular weight is 434 g/mol. The minimum Gasteiger partial charge on any atom is -0.402 e. The minimum absolute atomic E-state index is 0.0123. The molecule has 0 saturated heterocycles. The summed E-state index contributed by atoms with van der Waals surface area (Å²) in [5.74, 6) is -0.394. The van der Waals surface area contributed by atoms with Crippen molar-refractivity contribution < 1.29 is 14.5 Å². The summed E-state index contributed by atoms with van der Waals surface area (Å²) in [5, 5.41) is 10.9. The molecule has 3 rings (SSSR count). The molecule has 0 saturated carbocycles. The highest BCUT2D eigenvalue weighted by Crippen LogP contribution is 2.23. The number of hydrogen-bond donors (Lipinski definition) is 0. The zero-order valence-electron chi connectivity index (χ0n) is 12.5. The van der Waals surface area contributed by atoms with Crippen molar-refractivity contribution in [2.24, 2.45) is 4.99 Å².